The normalized spacial score (nSPS) is 17.1. The Labute approximate surface area is 211 Å². The molecule has 0 N–H and O–H groups in total. The summed E-state index contributed by atoms with van der Waals surface area (Å²) < 4.78 is 15.1. The molecular weight excluding hydrogens is 510 g/mol. The van der Waals surface area contributed by atoms with Crippen molar-refractivity contribution in [1.82, 2.24) is 14.5 Å². The van der Waals surface area contributed by atoms with Crippen molar-refractivity contribution in [2.24, 2.45) is 0 Å². The van der Waals surface area contributed by atoms with E-state index in [0.717, 1.165) is 57.6 Å². The lowest BCUT2D eigenvalue weighted by Gasteiger charge is -2.28. The standard InChI is InChI=1S/C26H36BrN3O3Si/c1-26(2,3)33-25(31)29-13-7-8-22(29)24-28-23-20-11-10-19(27)16-18(20)9-12-21(23)30(24)17-32-14-15-34(4,5)6/h9-12,16,22H,7-8,13-15,17H2,1-6H3/t22-/m0/s1. The van der Waals surface area contributed by atoms with Gasteiger partial charge in [-0.25, -0.2) is 9.78 Å². The van der Waals surface area contributed by atoms with E-state index in [0.29, 0.717) is 13.3 Å². The Hall–Kier alpha value is -1.90. The third-order valence-corrected chi connectivity index (χ3v) is 8.32. The lowest BCUT2D eigenvalue weighted by molar-refractivity contribution is 0.0205. The number of hydrogen-bond donors (Lipinski definition) is 0. The van der Waals surface area contributed by atoms with Crippen LogP contribution in [0.4, 0.5) is 4.79 Å². The lowest BCUT2D eigenvalue weighted by atomic mass is 10.1. The van der Waals surface area contributed by atoms with E-state index in [1.807, 2.05) is 31.7 Å². The Balaban J connectivity index is 1.74. The minimum Gasteiger partial charge on any atom is -0.444 e. The number of hydrogen-bond acceptors (Lipinski definition) is 4. The molecule has 0 bridgehead atoms. The average Bonchev–Trinajstić information content (AvgIpc) is 3.33. The maximum Gasteiger partial charge on any atom is 0.410 e. The first-order chi connectivity index (χ1) is 15.9. The molecule has 2 aromatic carbocycles. The second kappa shape index (κ2) is 9.63. The number of rotatable bonds is 6. The Morgan fingerprint density at radius 2 is 1.97 bits per heavy atom. The van der Waals surface area contributed by atoms with Gasteiger partial charge in [0.25, 0.3) is 0 Å². The van der Waals surface area contributed by atoms with Crippen molar-refractivity contribution in [3.63, 3.8) is 0 Å². The van der Waals surface area contributed by atoms with Crippen LogP contribution < -0.4 is 0 Å². The summed E-state index contributed by atoms with van der Waals surface area (Å²) >= 11 is 3.58. The van der Waals surface area contributed by atoms with E-state index >= 15 is 0 Å². The van der Waals surface area contributed by atoms with Crippen molar-refractivity contribution in [3.8, 4) is 0 Å². The average molecular weight is 547 g/mol. The predicted octanol–water partition coefficient (Wildman–Crippen LogP) is 7.34. The van der Waals surface area contributed by atoms with Crippen LogP contribution in [-0.4, -0.2) is 47.4 Å². The minimum atomic E-state index is -1.19. The van der Waals surface area contributed by atoms with Gasteiger partial charge < -0.3 is 14.0 Å². The zero-order chi connectivity index (χ0) is 24.7. The molecule has 34 heavy (non-hydrogen) atoms. The summed E-state index contributed by atoms with van der Waals surface area (Å²) in [4.78, 5) is 20.0. The number of nitrogens with zero attached hydrogens (tertiary/aromatic N) is 3. The molecule has 1 aliphatic heterocycles. The van der Waals surface area contributed by atoms with Gasteiger partial charge in [-0.15, -0.1) is 0 Å². The van der Waals surface area contributed by atoms with Gasteiger partial charge in [-0.3, -0.25) is 4.90 Å². The summed E-state index contributed by atoms with van der Waals surface area (Å²) in [7, 11) is -1.19. The highest BCUT2D eigenvalue weighted by Gasteiger charge is 2.36. The fourth-order valence-electron chi connectivity index (χ4n) is 4.40. The van der Waals surface area contributed by atoms with Crippen LogP contribution in [0.25, 0.3) is 21.8 Å². The van der Waals surface area contributed by atoms with Crippen LogP contribution >= 0.6 is 15.9 Å². The Morgan fingerprint density at radius 1 is 1.21 bits per heavy atom. The number of carbonyl (C=O) groups excluding carboxylic acids is 1. The van der Waals surface area contributed by atoms with Crippen LogP contribution in [0.3, 0.4) is 0 Å². The topological polar surface area (TPSA) is 56.6 Å². The molecular formula is C26H36BrN3O3Si. The van der Waals surface area contributed by atoms with Gasteiger partial charge in [0.1, 0.15) is 18.2 Å². The fraction of sp³-hybridized carbons (Fsp3) is 0.538. The maximum atomic E-state index is 13.0. The third-order valence-electron chi connectivity index (χ3n) is 6.12. The highest BCUT2D eigenvalue weighted by atomic mass is 79.9. The van der Waals surface area contributed by atoms with Crippen molar-refractivity contribution in [1.29, 1.82) is 0 Å². The van der Waals surface area contributed by atoms with E-state index in [2.05, 4.69) is 64.4 Å². The van der Waals surface area contributed by atoms with E-state index < -0.39 is 13.7 Å². The molecule has 1 atom stereocenters. The SMILES string of the molecule is CC(C)(C)OC(=O)N1CCC[C@H]1c1nc2c3ccc(Br)cc3ccc2n1COCC[Si](C)(C)C. The first-order valence-electron chi connectivity index (χ1n) is 12.1. The molecule has 184 valence electrons. The number of likely N-dealkylation sites (tertiary alicyclic amines) is 1. The molecule has 1 aliphatic rings. The van der Waals surface area contributed by atoms with Crippen LogP contribution in [-0.2, 0) is 16.2 Å². The van der Waals surface area contributed by atoms with Gasteiger partial charge in [-0.05, 0) is 63.2 Å². The second-order valence-corrected chi connectivity index (χ2v) is 17.9. The summed E-state index contributed by atoms with van der Waals surface area (Å²) in [6, 6.07) is 11.5. The van der Waals surface area contributed by atoms with Crippen LogP contribution in [0, 0.1) is 0 Å². The number of halogens is 1. The quantitative estimate of drug-likeness (QED) is 0.240. The number of imidazole rings is 1. The summed E-state index contributed by atoms with van der Waals surface area (Å²) in [5, 5.41) is 2.23. The highest BCUT2D eigenvalue weighted by molar-refractivity contribution is 9.10. The molecule has 6 nitrogen and oxygen atoms in total. The number of fused-ring (bicyclic) bond motifs is 3. The molecule has 0 spiro atoms. The molecule has 0 aliphatic carbocycles. The van der Waals surface area contributed by atoms with Crippen LogP contribution in [0.15, 0.2) is 34.8 Å². The van der Waals surface area contributed by atoms with Gasteiger partial charge >= 0.3 is 6.09 Å². The van der Waals surface area contributed by atoms with Crippen LogP contribution in [0.2, 0.25) is 25.7 Å². The molecule has 0 saturated carbocycles. The summed E-state index contributed by atoms with van der Waals surface area (Å²) in [6.45, 7) is 14.6. The highest BCUT2D eigenvalue weighted by Crippen LogP contribution is 2.36. The molecule has 4 rings (SSSR count). The number of amides is 1. The molecule has 0 unspecified atom stereocenters. The molecule has 1 fully saturated rings. The number of aromatic nitrogens is 2. The van der Waals surface area contributed by atoms with E-state index in [-0.39, 0.29) is 12.1 Å². The van der Waals surface area contributed by atoms with Crippen molar-refractivity contribution < 1.29 is 14.3 Å². The Kier molecular flexibility index (Phi) is 7.13. The predicted molar refractivity (Wildman–Crippen MR) is 144 cm³/mol. The maximum absolute atomic E-state index is 13.0. The van der Waals surface area contributed by atoms with E-state index in [4.69, 9.17) is 14.5 Å². The van der Waals surface area contributed by atoms with E-state index in [1.165, 1.54) is 0 Å². The van der Waals surface area contributed by atoms with E-state index in [9.17, 15) is 4.79 Å². The lowest BCUT2D eigenvalue weighted by Crippen LogP contribution is -2.37. The molecule has 2 heterocycles. The summed E-state index contributed by atoms with van der Waals surface area (Å²) in [6.07, 6.45) is 1.51. The Morgan fingerprint density at radius 3 is 2.68 bits per heavy atom. The molecule has 1 saturated heterocycles. The second-order valence-electron chi connectivity index (χ2n) is 11.4. The molecule has 3 aromatic rings. The summed E-state index contributed by atoms with van der Waals surface area (Å²) in [5.41, 5.74) is 1.45. The van der Waals surface area contributed by atoms with Crippen molar-refractivity contribution in [2.75, 3.05) is 13.2 Å². The zero-order valence-electron chi connectivity index (χ0n) is 21.2. The largest absolute Gasteiger partial charge is 0.444 e. The molecule has 0 radical (unpaired) electrons. The van der Waals surface area contributed by atoms with Crippen LogP contribution in [0.5, 0.6) is 0 Å². The monoisotopic (exact) mass is 545 g/mol. The van der Waals surface area contributed by atoms with Gasteiger partial charge in [-0.2, -0.15) is 0 Å². The fourth-order valence-corrected chi connectivity index (χ4v) is 5.54. The molecule has 8 heteroatoms. The van der Waals surface area contributed by atoms with Crippen molar-refractivity contribution >= 4 is 51.9 Å². The van der Waals surface area contributed by atoms with Gasteiger partial charge in [0.2, 0.25) is 0 Å². The smallest absolute Gasteiger partial charge is 0.410 e. The van der Waals surface area contributed by atoms with Gasteiger partial charge in [-0.1, -0.05) is 47.7 Å². The molecule has 1 aromatic heterocycles. The van der Waals surface area contributed by atoms with Crippen molar-refractivity contribution in [3.05, 3.63) is 40.6 Å². The third kappa shape index (κ3) is 5.66. The van der Waals surface area contributed by atoms with Gasteiger partial charge in [0.05, 0.1) is 17.1 Å². The van der Waals surface area contributed by atoms with Crippen molar-refractivity contribution in [2.45, 2.75) is 77.7 Å². The Bertz CT molecular complexity index is 1200. The minimum absolute atomic E-state index is 0.131. The number of carbonyl (C=O) groups is 1. The number of benzene rings is 2. The van der Waals surface area contributed by atoms with Gasteiger partial charge in [0, 0.05) is 31.1 Å². The number of ether oxygens (including phenoxy) is 2. The van der Waals surface area contributed by atoms with Crippen LogP contribution in [0.1, 0.15) is 45.5 Å². The van der Waals surface area contributed by atoms with Gasteiger partial charge in [0.15, 0.2) is 0 Å². The summed E-state index contributed by atoms with van der Waals surface area (Å²) in [5.74, 6) is 0.877. The first-order valence-corrected chi connectivity index (χ1v) is 16.6. The first kappa shape index (κ1) is 25.2. The molecule has 1 amide bonds. The zero-order valence-corrected chi connectivity index (χ0v) is 23.7. The van der Waals surface area contributed by atoms with E-state index in [1.54, 1.807) is 0 Å².